The van der Waals surface area contributed by atoms with Gasteiger partial charge in [0.25, 0.3) is 0 Å². The summed E-state index contributed by atoms with van der Waals surface area (Å²) in [5.74, 6) is -1.44. The third-order valence-corrected chi connectivity index (χ3v) is 5.44. The molecule has 0 saturated carbocycles. The number of carbonyl (C=O) groups is 4. The van der Waals surface area contributed by atoms with Crippen molar-refractivity contribution in [3.63, 3.8) is 0 Å². The summed E-state index contributed by atoms with van der Waals surface area (Å²) in [4.78, 5) is 50.9. The summed E-state index contributed by atoms with van der Waals surface area (Å²) in [5.41, 5.74) is 0. The van der Waals surface area contributed by atoms with Crippen LogP contribution in [0.5, 0.6) is 0 Å². The Morgan fingerprint density at radius 2 is 0.897 bits per heavy atom. The Labute approximate surface area is 231 Å². The molecule has 0 bridgehead atoms. The molecule has 0 amide bonds. The van der Waals surface area contributed by atoms with Crippen molar-refractivity contribution in [3.05, 3.63) is 0 Å². The third kappa shape index (κ3) is 23.3. The van der Waals surface area contributed by atoms with Crippen LogP contribution in [-0.4, -0.2) is 137 Å². The SMILES string of the molecule is CCCOC(=O)CCN(CCO)CCC(=O)OCCCCOC(=O)CCN(CCO)CCC(=O)OCCOC. The fourth-order valence-corrected chi connectivity index (χ4v) is 3.27. The molecule has 13 heteroatoms. The molecule has 0 heterocycles. The van der Waals surface area contributed by atoms with Gasteiger partial charge in [0, 0.05) is 46.4 Å². The molecule has 0 radical (unpaired) electrons. The van der Waals surface area contributed by atoms with Crippen molar-refractivity contribution in [2.45, 2.75) is 51.9 Å². The highest BCUT2D eigenvalue weighted by Gasteiger charge is 2.13. The average molecular weight is 565 g/mol. The first-order valence-electron chi connectivity index (χ1n) is 13.6. The number of methoxy groups -OCH3 is 1. The largest absolute Gasteiger partial charge is 0.466 e. The van der Waals surface area contributed by atoms with Gasteiger partial charge in [0.05, 0.1) is 65.3 Å². The maximum Gasteiger partial charge on any atom is 0.307 e. The summed E-state index contributed by atoms with van der Waals surface area (Å²) in [5, 5.41) is 18.4. The Morgan fingerprint density at radius 1 is 0.538 bits per heavy atom. The van der Waals surface area contributed by atoms with Crippen LogP contribution in [0.1, 0.15) is 51.9 Å². The molecule has 0 fully saturated rings. The topological polar surface area (TPSA) is 161 Å². The van der Waals surface area contributed by atoms with Crippen molar-refractivity contribution in [1.82, 2.24) is 9.80 Å². The predicted molar refractivity (Wildman–Crippen MR) is 141 cm³/mol. The zero-order valence-electron chi connectivity index (χ0n) is 23.6. The smallest absolute Gasteiger partial charge is 0.307 e. The number of unbranched alkanes of at least 4 members (excludes halogenated alkanes) is 1. The summed E-state index contributed by atoms with van der Waals surface area (Å²) < 4.78 is 25.3. The minimum Gasteiger partial charge on any atom is -0.466 e. The third-order valence-electron chi connectivity index (χ3n) is 5.44. The molecular weight excluding hydrogens is 516 g/mol. The molecule has 0 aromatic rings. The van der Waals surface area contributed by atoms with Crippen LogP contribution in [-0.2, 0) is 42.9 Å². The Kier molecular flexibility index (Phi) is 24.4. The van der Waals surface area contributed by atoms with Gasteiger partial charge in [-0.2, -0.15) is 0 Å². The number of aliphatic hydroxyl groups excluding tert-OH is 2. The van der Waals surface area contributed by atoms with Crippen molar-refractivity contribution in [1.29, 1.82) is 0 Å². The van der Waals surface area contributed by atoms with Crippen LogP contribution in [0.25, 0.3) is 0 Å². The minimum atomic E-state index is -0.389. The molecule has 0 aliphatic carbocycles. The molecule has 0 rings (SSSR count). The van der Waals surface area contributed by atoms with E-state index in [2.05, 4.69) is 0 Å². The molecule has 13 nitrogen and oxygen atoms in total. The Balaban J connectivity index is 3.97. The predicted octanol–water partition coefficient (Wildman–Crippen LogP) is 0.145. The fraction of sp³-hybridized carbons (Fsp3) is 0.846. The van der Waals surface area contributed by atoms with Crippen molar-refractivity contribution < 1.29 is 53.1 Å². The number of hydrogen-bond acceptors (Lipinski definition) is 13. The first-order valence-corrected chi connectivity index (χ1v) is 13.6. The number of carbonyl (C=O) groups excluding carboxylic acids is 4. The molecule has 0 unspecified atom stereocenters. The van der Waals surface area contributed by atoms with E-state index >= 15 is 0 Å². The molecular formula is C26H48N2O11. The lowest BCUT2D eigenvalue weighted by Crippen LogP contribution is -2.32. The lowest BCUT2D eigenvalue weighted by atomic mass is 10.3. The second-order valence-electron chi connectivity index (χ2n) is 8.71. The van der Waals surface area contributed by atoms with Gasteiger partial charge in [-0.1, -0.05) is 6.92 Å². The van der Waals surface area contributed by atoms with Crippen molar-refractivity contribution >= 4 is 23.9 Å². The molecule has 0 saturated heterocycles. The molecule has 0 aliphatic rings. The molecule has 0 aromatic heterocycles. The van der Waals surface area contributed by atoms with Crippen molar-refractivity contribution in [3.8, 4) is 0 Å². The van der Waals surface area contributed by atoms with Gasteiger partial charge in [-0.05, 0) is 19.3 Å². The van der Waals surface area contributed by atoms with Gasteiger partial charge in [0.15, 0.2) is 0 Å². The monoisotopic (exact) mass is 564 g/mol. The Bertz CT molecular complexity index is 664. The standard InChI is InChI=1S/C26H48N2O11/c1-3-18-36-23(31)6-10-27(14-16-29)11-7-24(32)37-19-4-5-20-38-25(33)8-12-28(15-17-30)13-9-26(34)39-22-21-35-2/h29-30H,3-22H2,1-2H3. The fourth-order valence-electron chi connectivity index (χ4n) is 3.27. The van der Waals surface area contributed by atoms with Gasteiger partial charge in [-0.15, -0.1) is 0 Å². The van der Waals surface area contributed by atoms with Crippen LogP contribution in [0, 0.1) is 0 Å². The van der Waals surface area contributed by atoms with Gasteiger partial charge in [-0.3, -0.25) is 29.0 Å². The van der Waals surface area contributed by atoms with Crippen LogP contribution in [0.2, 0.25) is 0 Å². The highest BCUT2D eigenvalue weighted by atomic mass is 16.6. The number of hydrogen-bond donors (Lipinski definition) is 2. The summed E-state index contributed by atoms with van der Waals surface area (Å²) >= 11 is 0. The molecule has 2 N–H and O–H groups in total. The average Bonchev–Trinajstić information content (AvgIpc) is 2.92. The van der Waals surface area contributed by atoms with Crippen LogP contribution in [0.4, 0.5) is 0 Å². The zero-order chi connectivity index (χ0) is 29.1. The van der Waals surface area contributed by atoms with E-state index in [0.29, 0.717) is 65.3 Å². The second kappa shape index (κ2) is 25.9. The van der Waals surface area contributed by atoms with E-state index in [0.717, 1.165) is 6.42 Å². The highest BCUT2D eigenvalue weighted by molar-refractivity contribution is 5.71. The molecule has 0 aromatic carbocycles. The van der Waals surface area contributed by atoms with Crippen LogP contribution in [0.15, 0.2) is 0 Å². The summed E-state index contributed by atoms with van der Waals surface area (Å²) in [6, 6.07) is 0. The zero-order valence-corrected chi connectivity index (χ0v) is 23.6. The van der Waals surface area contributed by atoms with Gasteiger partial charge in [0.2, 0.25) is 0 Å². The van der Waals surface area contributed by atoms with Gasteiger partial charge in [-0.25, -0.2) is 0 Å². The van der Waals surface area contributed by atoms with E-state index in [9.17, 15) is 29.4 Å². The first kappa shape index (κ1) is 36.7. The summed E-state index contributed by atoms with van der Waals surface area (Å²) in [7, 11) is 1.52. The van der Waals surface area contributed by atoms with Gasteiger partial charge in [0.1, 0.15) is 6.61 Å². The number of aliphatic hydroxyl groups is 2. The molecule has 0 atom stereocenters. The molecule has 0 spiro atoms. The second-order valence-corrected chi connectivity index (χ2v) is 8.71. The number of esters is 4. The van der Waals surface area contributed by atoms with Crippen molar-refractivity contribution in [2.75, 3.05) is 92.6 Å². The molecule has 0 aliphatic heterocycles. The molecule has 228 valence electrons. The van der Waals surface area contributed by atoms with E-state index in [1.165, 1.54) is 7.11 Å². The number of rotatable bonds is 26. The Morgan fingerprint density at radius 3 is 1.23 bits per heavy atom. The summed E-state index contributed by atoms with van der Waals surface area (Å²) in [6.45, 7) is 5.14. The van der Waals surface area contributed by atoms with E-state index in [4.69, 9.17) is 23.7 Å². The Hall–Kier alpha value is -2.32. The number of nitrogens with zero attached hydrogens (tertiary/aromatic N) is 2. The molecule has 39 heavy (non-hydrogen) atoms. The number of ether oxygens (including phenoxy) is 5. The lowest BCUT2D eigenvalue weighted by Gasteiger charge is -2.20. The van der Waals surface area contributed by atoms with E-state index in [-0.39, 0.29) is 82.6 Å². The van der Waals surface area contributed by atoms with E-state index in [1.807, 2.05) is 11.8 Å². The summed E-state index contributed by atoms with van der Waals surface area (Å²) in [6.07, 6.45) is 2.40. The normalized spacial score (nSPS) is 11.0. The first-order chi connectivity index (χ1) is 18.9. The van der Waals surface area contributed by atoms with Gasteiger partial charge < -0.3 is 33.9 Å². The van der Waals surface area contributed by atoms with E-state index < -0.39 is 0 Å². The van der Waals surface area contributed by atoms with Gasteiger partial charge >= 0.3 is 23.9 Å². The van der Waals surface area contributed by atoms with Crippen molar-refractivity contribution in [2.24, 2.45) is 0 Å². The highest BCUT2D eigenvalue weighted by Crippen LogP contribution is 2.02. The maximum absolute atomic E-state index is 12.0. The minimum absolute atomic E-state index is 0.0822. The quantitative estimate of drug-likeness (QED) is 0.0830. The maximum atomic E-state index is 12.0. The van der Waals surface area contributed by atoms with E-state index in [1.54, 1.807) is 4.90 Å². The lowest BCUT2D eigenvalue weighted by molar-refractivity contribution is -0.147. The van der Waals surface area contributed by atoms with Crippen LogP contribution >= 0.6 is 0 Å². The van der Waals surface area contributed by atoms with Crippen LogP contribution < -0.4 is 0 Å². The van der Waals surface area contributed by atoms with Crippen LogP contribution in [0.3, 0.4) is 0 Å².